The van der Waals surface area contributed by atoms with Crippen molar-refractivity contribution in [2.24, 2.45) is 0 Å². The number of piperidine rings is 1. The van der Waals surface area contributed by atoms with Crippen LogP contribution in [0.15, 0.2) is 36.7 Å². The van der Waals surface area contributed by atoms with Crippen LogP contribution in [0, 0.1) is 0 Å². The van der Waals surface area contributed by atoms with Gasteiger partial charge in [-0.05, 0) is 50.9 Å². The number of benzene rings is 1. The SMILES string of the molecule is O=C(NCc1nncn1-c1ccccc1)NCC1(N2CCCCC2)CCCCC1. The Kier molecular flexibility index (Phi) is 6.44. The van der Waals surface area contributed by atoms with E-state index in [1.807, 2.05) is 34.9 Å². The largest absolute Gasteiger partial charge is 0.336 e. The summed E-state index contributed by atoms with van der Waals surface area (Å²) in [6.45, 7) is 3.41. The Labute approximate surface area is 172 Å². The first kappa shape index (κ1) is 19.9. The minimum Gasteiger partial charge on any atom is -0.336 e. The number of rotatable bonds is 6. The van der Waals surface area contributed by atoms with Gasteiger partial charge in [-0.1, -0.05) is 43.9 Å². The van der Waals surface area contributed by atoms with Crippen molar-refractivity contribution >= 4 is 6.03 Å². The molecule has 2 heterocycles. The van der Waals surface area contributed by atoms with Crippen LogP contribution in [-0.2, 0) is 6.54 Å². The maximum atomic E-state index is 12.6. The summed E-state index contributed by atoms with van der Waals surface area (Å²) < 4.78 is 1.90. The molecule has 1 aliphatic carbocycles. The molecule has 2 aliphatic rings. The quantitative estimate of drug-likeness (QED) is 0.786. The average Bonchev–Trinajstić information content (AvgIpc) is 3.27. The van der Waals surface area contributed by atoms with Crippen molar-refractivity contribution in [2.45, 2.75) is 63.5 Å². The zero-order valence-electron chi connectivity index (χ0n) is 17.1. The van der Waals surface area contributed by atoms with Crippen molar-refractivity contribution in [1.82, 2.24) is 30.3 Å². The van der Waals surface area contributed by atoms with Crippen molar-refractivity contribution < 1.29 is 4.79 Å². The van der Waals surface area contributed by atoms with Gasteiger partial charge in [0, 0.05) is 17.8 Å². The number of amides is 2. The van der Waals surface area contributed by atoms with Gasteiger partial charge in [0.1, 0.15) is 6.33 Å². The van der Waals surface area contributed by atoms with Gasteiger partial charge < -0.3 is 10.6 Å². The fourth-order valence-corrected chi connectivity index (χ4v) is 4.83. The number of nitrogens with one attached hydrogen (secondary N) is 2. The molecule has 4 rings (SSSR count). The van der Waals surface area contributed by atoms with Crippen molar-refractivity contribution in [2.75, 3.05) is 19.6 Å². The maximum Gasteiger partial charge on any atom is 0.315 e. The monoisotopic (exact) mass is 396 g/mol. The lowest BCUT2D eigenvalue weighted by Gasteiger charge is -2.48. The highest BCUT2D eigenvalue weighted by molar-refractivity contribution is 5.73. The molecule has 1 aromatic heterocycles. The van der Waals surface area contributed by atoms with E-state index in [-0.39, 0.29) is 11.6 Å². The maximum absolute atomic E-state index is 12.6. The van der Waals surface area contributed by atoms with Gasteiger partial charge in [-0.2, -0.15) is 0 Å². The molecule has 29 heavy (non-hydrogen) atoms. The van der Waals surface area contributed by atoms with Crippen LogP contribution in [0.3, 0.4) is 0 Å². The molecule has 1 saturated heterocycles. The van der Waals surface area contributed by atoms with Crippen LogP contribution in [-0.4, -0.2) is 50.9 Å². The summed E-state index contributed by atoms with van der Waals surface area (Å²) in [5.41, 5.74) is 1.13. The van der Waals surface area contributed by atoms with E-state index in [2.05, 4.69) is 25.7 Å². The second-order valence-corrected chi connectivity index (χ2v) is 8.32. The highest BCUT2D eigenvalue weighted by Gasteiger charge is 2.38. The Hall–Kier alpha value is -2.41. The molecule has 0 bridgehead atoms. The summed E-state index contributed by atoms with van der Waals surface area (Å²) >= 11 is 0. The van der Waals surface area contributed by atoms with Crippen LogP contribution in [0.4, 0.5) is 4.79 Å². The molecule has 2 N–H and O–H groups in total. The summed E-state index contributed by atoms with van der Waals surface area (Å²) in [4.78, 5) is 15.2. The number of hydrogen-bond acceptors (Lipinski definition) is 4. The second kappa shape index (κ2) is 9.39. The van der Waals surface area contributed by atoms with E-state index in [9.17, 15) is 4.79 Å². The third-order valence-corrected chi connectivity index (χ3v) is 6.45. The molecule has 156 valence electrons. The first-order valence-corrected chi connectivity index (χ1v) is 11.0. The van der Waals surface area contributed by atoms with Crippen LogP contribution in [0.2, 0.25) is 0 Å². The van der Waals surface area contributed by atoms with Gasteiger partial charge in [-0.3, -0.25) is 9.47 Å². The second-order valence-electron chi connectivity index (χ2n) is 8.32. The molecule has 2 fully saturated rings. The number of carbonyl (C=O) groups excluding carboxylic acids is 1. The van der Waals surface area contributed by atoms with Crippen LogP contribution in [0.25, 0.3) is 5.69 Å². The first-order valence-electron chi connectivity index (χ1n) is 11.0. The van der Waals surface area contributed by atoms with Crippen molar-refractivity contribution in [1.29, 1.82) is 0 Å². The molecule has 0 atom stereocenters. The molecule has 1 aliphatic heterocycles. The number of carbonyl (C=O) groups is 1. The number of aromatic nitrogens is 3. The highest BCUT2D eigenvalue weighted by Crippen LogP contribution is 2.35. The van der Waals surface area contributed by atoms with E-state index in [1.165, 1.54) is 64.5 Å². The van der Waals surface area contributed by atoms with E-state index in [1.54, 1.807) is 6.33 Å². The Morgan fingerprint density at radius 3 is 2.45 bits per heavy atom. The predicted molar refractivity (Wildman–Crippen MR) is 113 cm³/mol. The Morgan fingerprint density at radius 1 is 0.966 bits per heavy atom. The summed E-state index contributed by atoms with van der Waals surface area (Å²) in [6.07, 6.45) is 11.8. The molecule has 7 heteroatoms. The average molecular weight is 397 g/mol. The molecule has 0 spiro atoms. The molecule has 2 amide bonds. The predicted octanol–water partition coefficient (Wildman–Crippen LogP) is 3.26. The lowest BCUT2D eigenvalue weighted by atomic mass is 9.79. The van der Waals surface area contributed by atoms with E-state index >= 15 is 0 Å². The molecule has 7 nitrogen and oxygen atoms in total. The summed E-state index contributed by atoms with van der Waals surface area (Å²) in [6, 6.07) is 9.79. The van der Waals surface area contributed by atoms with Crippen molar-refractivity contribution in [3.8, 4) is 5.69 Å². The van der Waals surface area contributed by atoms with E-state index in [0.717, 1.165) is 18.1 Å². The highest BCUT2D eigenvalue weighted by atomic mass is 16.2. The Bertz CT molecular complexity index is 778. The minimum atomic E-state index is -0.130. The van der Waals surface area contributed by atoms with Crippen LogP contribution in [0.5, 0.6) is 0 Å². The number of para-hydroxylation sites is 1. The summed E-state index contributed by atoms with van der Waals surface area (Å²) in [7, 11) is 0. The topological polar surface area (TPSA) is 75.1 Å². The van der Waals surface area contributed by atoms with E-state index in [4.69, 9.17) is 0 Å². The van der Waals surface area contributed by atoms with Gasteiger partial charge >= 0.3 is 6.03 Å². The minimum absolute atomic E-state index is 0.130. The van der Waals surface area contributed by atoms with E-state index < -0.39 is 0 Å². The molecule has 1 saturated carbocycles. The number of urea groups is 1. The van der Waals surface area contributed by atoms with Crippen molar-refractivity contribution in [3.63, 3.8) is 0 Å². The summed E-state index contributed by atoms with van der Waals surface area (Å²) in [5, 5.41) is 14.3. The van der Waals surface area contributed by atoms with Crippen LogP contribution < -0.4 is 10.6 Å². The lowest BCUT2D eigenvalue weighted by Crippen LogP contribution is -2.58. The van der Waals surface area contributed by atoms with Crippen LogP contribution >= 0.6 is 0 Å². The molecular formula is C22H32N6O. The van der Waals surface area contributed by atoms with Gasteiger partial charge in [0.15, 0.2) is 5.82 Å². The normalized spacial score (nSPS) is 19.6. The Morgan fingerprint density at radius 2 is 1.69 bits per heavy atom. The molecule has 1 aromatic carbocycles. The van der Waals surface area contributed by atoms with E-state index in [0.29, 0.717) is 6.54 Å². The van der Waals surface area contributed by atoms with Gasteiger partial charge in [0.2, 0.25) is 0 Å². The van der Waals surface area contributed by atoms with Crippen molar-refractivity contribution in [3.05, 3.63) is 42.5 Å². The standard InChI is InChI=1S/C22H32N6O/c29-21(23-16-20-26-25-18-28(20)19-10-4-1-5-11-19)24-17-22(12-6-2-7-13-22)27-14-8-3-9-15-27/h1,4-5,10-11,18H,2-3,6-9,12-17H2,(H2,23,24,29). The summed E-state index contributed by atoms with van der Waals surface area (Å²) in [5.74, 6) is 0.717. The zero-order chi connectivity index (χ0) is 19.9. The molecule has 2 aromatic rings. The number of likely N-dealkylation sites (tertiary alicyclic amines) is 1. The smallest absolute Gasteiger partial charge is 0.315 e. The van der Waals surface area contributed by atoms with Gasteiger partial charge in [-0.25, -0.2) is 4.79 Å². The third kappa shape index (κ3) is 4.78. The fraction of sp³-hybridized carbons (Fsp3) is 0.591. The van der Waals surface area contributed by atoms with Gasteiger partial charge in [0.25, 0.3) is 0 Å². The fourth-order valence-electron chi connectivity index (χ4n) is 4.83. The molecular weight excluding hydrogens is 364 g/mol. The number of hydrogen-bond donors (Lipinski definition) is 2. The first-order chi connectivity index (χ1) is 14.3. The van der Waals surface area contributed by atoms with Gasteiger partial charge in [0.05, 0.1) is 6.54 Å². The third-order valence-electron chi connectivity index (χ3n) is 6.45. The van der Waals surface area contributed by atoms with Crippen LogP contribution in [0.1, 0.15) is 57.2 Å². The molecule has 0 unspecified atom stereocenters. The lowest BCUT2D eigenvalue weighted by molar-refractivity contribution is 0.0354. The molecule has 0 radical (unpaired) electrons. The Balaban J connectivity index is 1.33. The number of nitrogens with zero attached hydrogens (tertiary/aromatic N) is 4. The zero-order valence-corrected chi connectivity index (χ0v) is 17.1. The van der Waals surface area contributed by atoms with Gasteiger partial charge in [-0.15, -0.1) is 10.2 Å².